The van der Waals surface area contributed by atoms with Crippen molar-refractivity contribution in [1.82, 2.24) is 19.7 Å². The summed E-state index contributed by atoms with van der Waals surface area (Å²) in [6, 6.07) is 11.8. The summed E-state index contributed by atoms with van der Waals surface area (Å²) in [7, 11) is 1.96. The van der Waals surface area contributed by atoms with Crippen LogP contribution in [0, 0.1) is 23.2 Å². The van der Waals surface area contributed by atoms with Crippen LogP contribution in [0.5, 0.6) is 0 Å². The maximum Gasteiger partial charge on any atom is 0.191 e. The summed E-state index contributed by atoms with van der Waals surface area (Å²) in [5, 5.41) is 18.4. The third kappa shape index (κ3) is 5.95. The molecule has 0 aliphatic carbocycles. The summed E-state index contributed by atoms with van der Waals surface area (Å²) in [5.41, 5.74) is 3.62. The summed E-state index contributed by atoms with van der Waals surface area (Å²) >= 11 is 1.61. The molecule has 0 spiro atoms. The Balaban J connectivity index is 1.65. The lowest BCUT2D eigenvalue weighted by atomic mass is 10.1. The molecule has 0 saturated carbocycles. The molecule has 0 fully saturated rings. The van der Waals surface area contributed by atoms with Gasteiger partial charge in [0, 0.05) is 42.7 Å². The van der Waals surface area contributed by atoms with E-state index in [2.05, 4.69) is 40.0 Å². The molecule has 3 aromatic rings. The number of thioether (sulfide) groups is 1. The third-order valence-corrected chi connectivity index (χ3v) is 5.76. The molecule has 0 amide bonds. The van der Waals surface area contributed by atoms with Crippen LogP contribution < -0.4 is 0 Å². The van der Waals surface area contributed by atoms with E-state index in [0.717, 1.165) is 46.3 Å². The Morgan fingerprint density at radius 2 is 1.87 bits per heavy atom. The van der Waals surface area contributed by atoms with Gasteiger partial charge in [-0.3, -0.25) is 4.98 Å². The zero-order chi connectivity index (χ0) is 21.2. The standard InChI is InChI=1S/C24H25N5S/c1-3-4-5-6-7-8-9-21-14-22(17-26-16-21)23-27-28-24(29(23)2)30-18-20-12-10-19(15-25)11-13-20/h10-14,16-17H,3-7,18H2,1-2H3. The molecule has 5 nitrogen and oxygen atoms in total. The van der Waals surface area contributed by atoms with Crippen molar-refractivity contribution in [2.45, 2.75) is 49.9 Å². The molecule has 3 rings (SSSR count). The van der Waals surface area contributed by atoms with E-state index in [1.54, 1.807) is 24.2 Å². The molecule has 0 radical (unpaired) electrons. The largest absolute Gasteiger partial charge is 0.305 e. The maximum absolute atomic E-state index is 8.90. The first-order valence-corrected chi connectivity index (χ1v) is 11.2. The molecule has 0 aliphatic rings. The Kier molecular flexibility index (Phi) is 8.06. The van der Waals surface area contributed by atoms with Crippen molar-refractivity contribution >= 4 is 11.8 Å². The van der Waals surface area contributed by atoms with Gasteiger partial charge >= 0.3 is 0 Å². The Bertz CT molecular complexity index is 1070. The van der Waals surface area contributed by atoms with Gasteiger partial charge in [0.25, 0.3) is 0 Å². The van der Waals surface area contributed by atoms with E-state index in [0.29, 0.717) is 5.56 Å². The number of pyridine rings is 1. The Labute approximate surface area is 182 Å². The van der Waals surface area contributed by atoms with Crippen LogP contribution in [0.3, 0.4) is 0 Å². The number of benzene rings is 1. The second-order valence-electron chi connectivity index (χ2n) is 7.04. The normalized spacial score (nSPS) is 10.3. The van der Waals surface area contributed by atoms with Crippen molar-refractivity contribution in [3.63, 3.8) is 0 Å². The molecule has 30 heavy (non-hydrogen) atoms. The topological polar surface area (TPSA) is 67.4 Å². The van der Waals surface area contributed by atoms with Crippen molar-refractivity contribution in [3.8, 4) is 29.3 Å². The smallest absolute Gasteiger partial charge is 0.191 e. The van der Waals surface area contributed by atoms with E-state index in [4.69, 9.17) is 5.26 Å². The van der Waals surface area contributed by atoms with Gasteiger partial charge in [0.2, 0.25) is 0 Å². The second-order valence-corrected chi connectivity index (χ2v) is 7.98. The van der Waals surface area contributed by atoms with Gasteiger partial charge in [-0.05, 0) is 30.2 Å². The lowest BCUT2D eigenvalue weighted by Crippen LogP contribution is -1.96. The van der Waals surface area contributed by atoms with Crippen LogP contribution in [0.15, 0.2) is 47.9 Å². The summed E-state index contributed by atoms with van der Waals surface area (Å²) in [6.45, 7) is 2.21. The van der Waals surface area contributed by atoms with Crippen LogP contribution in [0.4, 0.5) is 0 Å². The highest BCUT2D eigenvalue weighted by Crippen LogP contribution is 2.25. The number of aromatic nitrogens is 4. The molecule has 0 unspecified atom stereocenters. The minimum absolute atomic E-state index is 0.668. The number of hydrogen-bond donors (Lipinski definition) is 0. The third-order valence-electron chi connectivity index (χ3n) is 4.67. The molecule has 6 heteroatoms. The lowest BCUT2D eigenvalue weighted by Gasteiger charge is -2.04. The quantitative estimate of drug-likeness (QED) is 0.281. The summed E-state index contributed by atoms with van der Waals surface area (Å²) in [5.74, 6) is 8.00. The monoisotopic (exact) mass is 415 g/mol. The van der Waals surface area contributed by atoms with Gasteiger partial charge in [-0.25, -0.2) is 0 Å². The van der Waals surface area contributed by atoms with Crippen molar-refractivity contribution < 1.29 is 0 Å². The summed E-state index contributed by atoms with van der Waals surface area (Å²) in [4.78, 5) is 4.33. The number of unbranched alkanes of at least 4 members (excludes halogenated alkanes) is 4. The summed E-state index contributed by atoms with van der Waals surface area (Å²) < 4.78 is 1.98. The first-order chi connectivity index (χ1) is 14.7. The van der Waals surface area contributed by atoms with Crippen LogP contribution in [-0.4, -0.2) is 19.7 Å². The minimum Gasteiger partial charge on any atom is -0.305 e. The molecule has 0 saturated heterocycles. The second kappa shape index (κ2) is 11.2. The van der Waals surface area contributed by atoms with Gasteiger partial charge in [0.15, 0.2) is 11.0 Å². The number of rotatable bonds is 8. The van der Waals surface area contributed by atoms with E-state index >= 15 is 0 Å². The molecular formula is C24H25N5S. The van der Waals surface area contributed by atoms with Gasteiger partial charge in [-0.2, -0.15) is 5.26 Å². The van der Waals surface area contributed by atoms with Crippen molar-refractivity contribution in [2.24, 2.45) is 7.05 Å². The number of hydrogen-bond acceptors (Lipinski definition) is 5. The van der Waals surface area contributed by atoms with Gasteiger partial charge in [0.05, 0.1) is 11.6 Å². The molecule has 1 aromatic carbocycles. The predicted octanol–water partition coefficient (Wildman–Crippen LogP) is 5.36. The molecule has 0 N–H and O–H groups in total. The highest BCUT2D eigenvalue weighted by atomic mass is 32.2. The van der Waals surface area contributed by atoms with Crippen LogP contribution >= 0.6 is 11.8 Å². The van der Waals surface area contributed by atoms with Crippen molar-refractivity contribution in [3.05, 3.63) is 59.4 Å². The van der Waals surface area contributed by atoms with Crippen molar-refractivity contribution in [1.29, 1.82) is 5.26 Å². The molecule has 0 aliphatic heterocycles. The van der Waals surface area contributed by atoms with Gasteiger partial charge in [0.1, 0.15) is 0 Å². The fourth-order valence-corrected chi connectivity index (χ4v) is 3.82. The van der Waals surface area contributed by atoms with Crippen LogP contribution in [-0.2, 0) is 12.8 Å². The van der Waals surface area contributed by atoms with E-state index in [9.17, 15) is 0 Å². The van der Waals surface area contributed by atoms with Crippen LogP contribution in [0.2, 0.25) is 0 Å². The number of nitriles is 1. The Hall–Kier alpha value is -3.09. The van der Waals surface area contributed by atoms with E-state index in [1.807, 2.05) is 41.9 Å². The maximum atomic E-state index is 8.90. The number of nitrogens with zero attached hydrogens (tertiary/aromatic N) is 5. The average molecular weight is 416 g/mol. The minimum atomic E-state index is 0.668. The lowest BCUT2D eigenvalue weighted by molar-refractivity contribution is 0.679. The Morgan fingerprint density at radius 3 is 2.63 bits per heavy atom. The Morgan fingerprint density at radius 1 is 1.03 bits per heavy atom. The fourth-order valence-electron chi connectivity index (χ4n) is 2.95. The molecule has 0 atom stereocenters. The molecule has 2 heterocycles. The zero-order valence-electron chi connectivity index (χ0n) is 17.4. The van der Waals surface area contributed by atoms with Crippen LogP contribution in [0.1, 0.15) is 55.7 Å². The van der Waals surface area contributed by atoms with Crippen LogP contribution in [0.25, 0.3) is 11.4 Å². The van der Waals surface area contributed by atoms with Crippen molar-refractivity contribution in [2.75, 3.05) is 0 Å². The molecular weight excluding hydrogens is 390 g/mol. The zero-order valence-corrected chi connectivity index (χ0v) is 18.2. The van der Waals surface area contributed by atoms with E-state index in [-0.39, 0.29) is 0 Å². The predicted molar refractivity (Wildman–Crippen MR) is 121 cm³/mol. The average Bonchev–Trinajstić information content (AvgIpc) is 3.15. The van der Waals surface area contributed by atoms with Gasteiger partial charge in [-0.15, -0.1) is 10.2 Å². The van der Waals surface area contributed by atoms with Gasteiger partial charge in [-0.1, -0.05) is 61.9 Å². The molecule has 2 aromatic heterocycles. The highest BCUT2D eigenvalue weighted by Gasteiger charge is 2.12. The highest BCUT2D eigenvalue weighted by molar-refractivity contribution is 7.98. The molecule has 152 valence electrons. The van der Waals surface area contributed by atoms with E-state index < -0.39 is 0 Å². The first-order valence-electron chi connectivity index (χ1n) is 10.2. The molecule has 0 bridgehead atoms. The fraction of sp³-hybridized carbons (Fsp3) is 0.333. The van der Waals surface area contributed by atoms with E-state index in [1.165, 1.54) is 19.3 Å². The SMILES string of the molecule is CCCCCCC#Cc1cncc(-c2nnc(SCc3ccc(C#N)cc3)n2C)c1. The first kappa shape index (κ1) is 21.6. The van der Waals surface area contributed by atoms with Gasteiger partial charge < -0.3 is 4.57 Å². The summed E-state index contributed by atoms with van der Waals surface area (Å²) in [6.07, 6.45) is 9.42.